The van der Waals surface area contributed by atoms with Crippen molar-refractivity contribution in [2.75, 3.05) is 19.8 Å². The Morgan fingerprint density at radius 3 is 2.57 bits per heavy atom. The van der Waals surface area contributed by atoms with Gasteiger partial charge in [0.15, 0.2) is 0 Å². The van der Waals surface area contributed by atoms with Gasteiger partial charge in [-0.2, -0.15) is 0 Å². The molecular weight excluding hydrogens is 178 g/mol. The standard InChI is InChI=1S/C11H17NO2/c12-6-11(7-13)9-14-8-10-4-2-1-3-5-10/h1-5,11,13H,6-9,12H2/t11-/m0/s1. The Hall–Kier alpha value is -0.900. The van der Waals surface area contributed by atoms with Gasteiger partial charge in [-0.1, -0.05) is 30.3 Å². The van der Waals surface area contributed by atoms with Crippen LogP contribution in [-0.4, -0.2) is 24.9 Å². The van der Waals surface area contributed by atoms with Gasteiger partial charge in [0, 0.05) is 12.5 Å². The molecule has 14 heavy (non-hydrogen) atoms. The van der Waals surface area contributed by atoms with Gasteiger partial charge in [0.05, 0.1) is 13.2 Å². The first-order valence-electron chi connectivity index (χ1n) is 4.79. The lowest BCUT2D eigenvalue weighted by Gasteiger charge is -2.11. The summed E-state index contributed by atoms with van der Waals surface area (Å²) in [5.41, 5.74) is 6.56. The van der Waals surface area contributed by atoms with E-state index in [1.165, 1.54) is 0 Å². The Balaban J connectivity index is 2.21. The molecule has 0 heterocycles. The molecule has 78 valence electrons. The van der Waals surface area contributed by atoms with Crippen molar-refractivity contribution in [3.8, 4) is 0 Å². The normalized spacial score (nSPS) is 12.7. The van der Waals surface area contributed by atoms with Crippen LogP contribution in [0.25, 0.3) is 0 Å². The van der Waals surface area contributed by atoms with Crippen molar-refractivity contribution in [2.45, 2.75) is 6.61 Å². The Morgan fingerprint density at radius 1 is 1.29 bits per heavy atom. The topological polar surface area (TPSA) is 55.5 Å². The van der Waals surface area contributed by atoms with Crippen LogP contribution in [0.15, 0.2) is 30.3 Å². The minimum atomic E-state index is 0.0544. The predicted molar refractivity (Wildman–Crippen MR) is 55.7 cm³/mol. The van der Waals surface area contributed by atoms with Crippen LogP contribution in [0.1, 0.15) is 5.56 Å². The summed E-state index contributed by atoms with van der Waals surface area (Å²) in [6, 6.07) is 9.95. The molecule has 0 unspecified atom stereocenters. The summed E-state index contributed by atoms with van der Waals surface area (Å²) < 4.78 is 5.42. The number of aliphatic hydroxyl groups is 1. The average molecular weight is 195 g/mol. The van der Waals surface area contributed by atoms with Crippen LogP contribution >= 0.6 is 0 Å². The lowest BCUT2D eigenvalue weighted by atomic mass is 10.2. The van der Waals surface area contributed by atoms with Crippen molar-refractivity contribution in [1.82, 2.24) is 0 Å². The van der Waals surface area contributed by atoms with Crippen molar-refractivity contribution in [2.24, 2.45) is 11.7 Å². The number of hydrogen-bond donors (Lipinski definition) is 2. The molecule has 3 heteroatoms. The lowest BCUT2D eigenvalue weighted by molar-refractivity contribution is 0.0660. The maximum absolute atomic E-state index is 8.86. The summed E-state index contributed by atoms with van der Waals surface area (Å²) in [4.78, 5) is 0. The number of benzene rings is 1. The van der Waals surface area contributed by atoms with E-state index in [1.807, 2.05) is 30.3 Å². The zero-order valence-corrected chi connectivity index (χ0v) is 8.23. The SMILES string of the molecule is NC[C@@H](CO)COCc1ccccc1. The summed E-state index contributed by atoms with van der Waals surface area (Å²) in [7, 11) is 0. The highest BCUT2D eigenvalue weighted by Gasteiger charge is 2.04. The van der Waals surface area contributed by atoms with Gasteiger partial charge < -0.3 is 15.6 Å². The molecule has 0 aliphatic carbocycles. The first-order valence-corrected chi connectivity index (χ1v) is 4.79. The van der Waals surface area contributed by atoms with E-state index in [-0.39, 0.29) is 12.5 Å². The van der Waals surface area contributed by atoms with E-state index in [0.717, 1.165) is 5.56 Å². The van der Waals surface area contributed by atoms with Gasteiger partial charge in [-0.05, 0) is 12.1 Å². The predicted octanol–water partition coefficient (Wildman–Crippen LogP) is 0.770. The molecule has 0 aliphatic heterocycles. The molecule has 0 amide bonds. The molecule has 1 rings (SSSR count). The number of aliphatic hydroxyl groups excluding tert-OH is 1. The first-order chi connectivity index (χ1) is 6.86. The number of nitrogens with two attached hydrogens (primary N) is 1. The highest BCUT2D eigenvalue weighted by Crippen LogP contribution is 2.02. The summed E-state index contributed by atoms with van der Waals surface area (Å²) in [6.45, 7) is 1.65. The van der Waals surface area contributed by atoms with E-state index in [4.69, 9.17) is 15.6 Å². The second kappa shape index (κ2) is 6.54. The van der Waals surface area contributed by atoms with Crippen LogP contribution in [-0.2, 0) is 11.3 Å². The molecule has 0 aromatic heterocycles. The second-order valence-electron chi connectivity index (χ2n) is 3.29. The maximum Gasteiger partial charge on any atom is 0.0717 e. The van der Waals surface area contributed by atoms with Crippen LogP contribution < -0.4 is 5.73 Å². The van der Waals surface area contributed by atoms with E-state index in [1.54, 1.807) is 0 Å². The van der Waals surface area contributed by atoms with Crippen molar-refractivity contribution in [3.63, 3.8) is 0 Å². The first kappa shape index (κ1) is 11.2. The molecule has 3 nitrogen and oxygen atoms in total. The zero-order chi connectivity index (χ0) is 10.2. The molecule has 0 bridgehead atoms. The van der Waals surface area contributed by atoms with E-state index in [2.05, 4.69) is 0 Å². The van der Waals surface area contributed by atoms with Gasteiger partial charge in [0.1, 0.15) is 0 Å². The monoisotopic (exact) mass is 195 g/mol. The number of hydrogen-bond acceptors (Lipinski definition) is 3. The Labute approximate surface area is 84.5 Å². The third-order valence-corrected chi connectivity index (χ3v) is 2.06. The molecule has 0 saturated carbocycles. The van der Waals surface area contributed by atoms with E-state index in [9.17, 15) is 0 Å². The molecule has 1 atom stereocenters. The smallest absolute Gasteiger partial charge is 0.0717 e. The molecule has 0 aliphatic rings. The Kier molecular flexibility index (Phi) is 5.22. The third kappa shape index (κ3) is 3.87. The van der Waals surface area contributed by atoms with E-state index in [0.29, 0.717) is 19.8 Å². The van der Waals surface area contributed by atoms with Gasteiger partial charge >= 0.3 is 0 Å². The van der Waals surface area contributed by atoms with E-state index < -0.39 is 0 Å². The molecule has 0 radical (unpaired) electrons. The Morgan fingerprint density at radius 2 is 2.00 bits per heavy atom. The molecule has 3 N–H and O–H groups in total. The lowest BCUT2D eigenvalue weighted by Crippen LogP contribution is -2.23. The summed E-state index contributed by atoms with van der Waals surface area (Å²) in [6.07, 6.45) is 0. The minimum absolute atomic E-state index is 0.0544. The quantitative estimate of drug-likeness (QED) is 0.705. The van der Waals surface area contributed by atoms with Gasteiger partial charge in [-0.3, -0.25) is 0 Å². The van der Waals surface area contributed by atoms with Gasteiger partial charge in [-0.15, -0.1) is 0 Å². The van der Waals surface area contributed by atoms with Crippen LogP contribution in [0.4, 0.5) is 0 Å². The van der Waals surface area contributed by atoms with E-state index >= 15 is 0 Å². The maximum atomic E-state index is 8.86. The fraction of sp³-hybridized carbons (Fsp3) is 0.455. The van der Waals surface area contributed by atoms with Crippen LogP contribution in [0.5, 0.6) is 0 Å². The molecule has 0 spiro atoms. The zero-order valence-electron chi connectivity index (χ0n) is 8.23. The van der Waals surface area contributed by atoms with Gasteiger partial charge in [0.2, 0.25) is 0 Å². The molecular formula is C11H17NO2. The largest absolute Gasteiger partial charge is 0.396 e. The molecule has 0 fully saturated rings. The van der Waals surface area contributed by atoms with Crippen molar-refractivity contribution in [1.29, 1.82) is 0 Å². The highest BCUT2D eigenvalue weighted by molar-refractivity contribution is 5.13. The highest BCUT2D eigenvalue weighted by atomic mass is 16.5. The average Bonchev–Trinajstić information content (AvgIpc) is 2.26. The minimum Gasteiger partial charge on any atom is -0.396 e. The molecule has 1 aromatic rings. The van der Waals surface area contributed by atoms with Gasteiger partial charge in [0.25, 0.3) is 0 Å². The molecule has 0 saturated heterocycles. The number of rotatable bonds is 6. The summed E-state index contributed by atoms with van der Waals surface area (Å²) >= 11 is 0. The van der Waals surface area contributed by atoms with Crippen molar-refractivity contribution < 1.29 is 9.84 Å². The summed E-state index contributed by atoms with van der Waals surface area (Å²) in [5, 5.41) is 8.86. The fourth-order valence-corrected chi connectivity index (χ4v) is 1.11. The van der Waals surface area contributed by atoms with Crippen molar-refractivity contribution in [3.05, 3.63) is 35.9 Å². The summed E-state index contributed by atoms with van der Waals surface area (Å²) in [5.74, 6) is 0.0544. The number of ether oxygens (including phenoxy) is 1. The van der Waals surface area contributed by atoms with Crippen molar-refractivity contribution >= 4 is 0 Å². The van der Waals surface area contributed by atoms with Crippen LogP contribution in [0.2, 0.25) is 0 Å². The fourth-order valence-electron chi connectivity index (χ4n) is 1.11. The molecule has 1 aromatic carbocycles. The van der Waals surface area contributed by atoms with Crippen LogP contribution in [0.3, 0.4) is 0 Å². The van der Waals surface area contributed by atoms with Gasteiger partial charge in [-0.25, -0.2) is 0 Å². The van der Waals surface area contributed by atoms with Crippen LogP contribution in [0, 0.1) is 5.92 Å². The second-order valence-corrected chi connectivity index (χ2v) is 3.29. The Bertz CT molecular complexity index is 234. The third-order valence-electron chi connectivity index (χ3n) is 2.06.